The lowest BCUT2D eigenvalue weighted by molar-refractivity contribution is -0.255. The summed E-state index contributed by atoms with van der Waals surface area (Å²) >= 11 is 18.0. The highest BCUT2D eigenvalue weighted by Gasteiger charge is 2.14. The summed E-state index contributed by atoms with van der Waals surface area (Å²) in [4.78, 5) is 11.4. The molecule has 1 aromatic heterocycles. The van der Waals surface area contributed by atoms with Gasteiger partial charge in [-0.15, -0.1) is 0 Å². The second-order valence-corrected chi connectivity index (χ2v) is 5.91. The molecular weight excluding hydrogens is 359 g/mol. The van der Waals surface area contributed by atoms with E-state index in [0.29, 0.717) is 32.0 Å². The molecule has 23 heavy (non-hydrogen) atoms. The van der Waals surface area contributed by atoms with Gasteiger partial charge in [0.15, 0.2) is 0 Å². The van der Waals surface area contributed by atoms with E-state index in [-0.39, 0.29) is 5.69 Å². The first kappa shape index (κ1) is 15.9. The van der Waals surface area contributed by atoms with Crippen LogP contribution in [0.1, 0.15) is 10.5 Å². The zero-order chi connectivity index (χ0) is 16.6. The van der Waals surface area contributed by atoms with Gasteiger partial charge in [-0.3, -0.25) is 0 Å². The van der Waals surface area contributed by atoms with E-state index in [1.54, 1.807) is 36.4 Å². The van der Waals surface area contributed by atoms with E-state index in [1.165, 1.54) is 16.8 Å². The van der Waals surface area contributed by atoms with Crippen LogP contribution in [-0.2, 0) is 0 Å². The predicted octanol–water partition coefficient (Wildman–Crippen LogP) is 3.86. The quantitative estimate of drug-likeness (QED) is 0.707. The van der Waals surface area contributed by atoms with E-state index in [1.807, 2.05) is 0 Å². The molecule has 0 atom stereocenters. The standard InChI is InChI=1S/C16H9Cl3N2O2/c17-11-4-2-1-3-10(11)14-8-15(16(22)23)21(20-14)9-5-6-12(18)13(19)7-9/h1-8H,(H,22,23)/p-1. The van der Waals surface area contributed by atoms with Gasteiger partial charge < -0.3 is 9.90 Å². The first-order valence-electron chi connectivity index (χ1n) is 6.49. The molecule has 0 radical (unpaired) electrons. The number of aromatic carboxylic acids is 1. The number of hydrogen-bond acceptors (Lipinski definition) is 3. The van der Waals surface area contributed by atoms with Gasteiger partial charge in [-0.1, -0.05) is 53.0 Å². The Morgan fingerprint density at radius 2 is 1.70 bits per heavy atom. The number of nitrogens with zero attached hydrogens (tertiary/aromatic N) is 2. The number of carbonyl (C=O) groups excluding carboxylic acids is 1. The molecule has 3 aromatic rings. The summed E-state index contributed by atoms with van der Waals surface area (Å²) in [7, 11) is 0. The molecule has 2 aromatic carbocycles. The van der Waals surface area contributed by atoms with E-state index in [2.05, 4.69) is 5.10 Å². The molecule has 0 N–H and O–H groups in total. The van der Waals surface area contributed by atoms with Crippen LogP contribution in [0.5, 0.6) is 0 Å². The van der Waals surface area contributed by atoms with Crippen molar-refractivity contribution in [3.05, 3.63) is 69.3 Å². The average Bonchev–Trinajstić information content (AvgIpc) is 2.96. The first-order valence-corrected chi connectivity index (χ1v) is 7.62. The molecule has 116 valence electrons. The third kappa shape index (κ3) is 3.06. The van der Waals surface area contributed by atoms with Crippen LogP contribution >= 0.6 is 34.8 Å². The molecule has 1 heterocycles. The molecule has 3 rings (SSSR count). The third-order valence-electron chi connectivity index (χ3n) is 3.22. The molecular formula is C16H8Cl3N2O2-. The number of carboxylic acid groups (broad SMARTS) is 1. The normalized spacial score (nSPS) is 10.7. The number of carbonyl (C=O) groups is 1. The fourth-order valence-corrected chi connectivity index (χ4v) is 2.67. The summed E-state index contributed by atoms with van der Waals surface area (Å²) in [6.45, 7) is 0. The molecule has 0 bridgehead atoms. The van der Waals surface area contributed by atoms with Gasteiger partial charge in [-0.25, -0.2) is 4.68 Å². The number of rotatable bonds is 3. The Morgan fingerprint density at radius 3 is 2.35 bits per heavy atom. The second kappa shape index (κ2) is 6.24. The van der Waals surface area contributed by atoms with Crippen molar-refractivity contribution < 1.29 is 9.90 Å². The molecule has 4 nitrogen and oxygen atoms in total. The predicted molar refractivity (Wildman–Crippen MR) is 88.4 cm³/mol. The fourth-order valence-electron chi connectivity index (χ4n) is 2.14. The van der Waals surface area contributed by atoms with Crippen LogP contribution in [0, 0.1) is 0 Å². The van der Waals surface area contributed by atoms with Gasteiger partial charge in [-0.2, -0.15) is 5.10 Å². The summed E-state index contributed by atoms with van der Waals surface area (Å²) in [5.41, 5.74) is 1.38. The van der Waals surface area contributed by atoms with Gasteiger partial charge in [0.25, 0.3) is 0 Å². The maximum absolute atomic E-state index is 11.4. The number of carboxylic acids is 1. The minimum Gasteiger partial charge on any atom is -0.543 e. The fraction of sp³-hybridized carbons (Fsp3) is 0. The van der Waals surface area contributed by atoms with Gasteiger partial charge in [0, 0.05) is 5.56 Å². The summed E-state index contributed by atoms with van der Waals surface area (Å²) in [5, 5.41) is 16.9. The molecule has 0 aliphatic rings. The van der Waals surface area contributed by atoms with Gasteiger partial charge >= 0.3 is 0 Å². The largest absolute Gasteiger partial charge is 0.543 e. The highest BCUT2D eigenvalue weighted by Crippen LogP contribution is 2.29. The van der Waals surface area contributed by atoms with Crippen molar-refractivity contribution in [3.8, 4) is 16.9 Å². The van der Waals surface area contributed by atoms with E-state index in [9.17, 15) is 9.90 Å². The van der Waals surface area contributed by atoms with Crippen molar-refractivity contribution in [2.24, 2.45) is 0 Å². The molecule has 0 saturated carbocycles. The van der Waals surface area contributed by atoms with E-state index in [4.69, 9.17) is 34.8 Å². The Hall–Kier alpha value is -2.01. The monoisotopic (exact) mass is 365 g/mol. The van der Waals surface area contributed by atoms with Crippen LogP contribution in [-0.4, -0.2) is 15.7 Å². The van der Waals surface area contributed by atoms with Crippen LogP contribution in [0.15, 0.2) is 48.5 Å². The van der Waals surface area contributed by atoms with Crippen molar-refractivity contribution in [2.75, 3.05) is 0 Å². The second-order valence-electron chi connectivity index (χ2n) is 4.69. The van der Waals surface area contributed by atoms with Crippen molar-refractivity contribution in [1.82, 2.24) is 9.78 Å². The van der Waals surface area contributed by atoms with Crippen LogP contribution in [0.3, 0.4) is 0 Å². The molecule has 0 spiro atoms. The van der Waals surface area contributed by atoms with Crippen LogP contribution in [0.25, 0.3) is 16.9 Å². The highest BCUT2D eigenvalue weighted by atomic mass is 35.5. The molecule has 0 amide bonds. The van der Waals surface area contributed by atoms with E-state index in [0.717, 1.165) is 0 Å². The molecule has 0 aliphatic carbocycles. The Balaban J connectivity index is 2.19. The first-order chi connectivity index (χ1) is 11.0. The molecule has 0 aliphatic heterocycles. The smallest absolute Gasteiger partial charge is 0.0949 e. The number of aromatic nitrogens is 2. The van der Waals surface area contributed by atoms with Crippen molar-refractivity contribution in [1.29, 1.82) is 0 Å². The molecule has 0 fully saturated rings. The van der Waals surface area contributed by atoms with E-state index < -0.39 is 5.97 Å². The maximum Gasteiger partial charge on any atom is 0.0949 e. The number of hydrogen-bond donors (Lipinski definition) is 0. The Kier molecular flexibility index (Phi) is 4.31. The van der Waals surface area contributed by atoms with Crippen LogP contribution in [0.2, 0.25) is 15.1 Å². The Morgan fingerprint density at radius 1 is 0.957 bits per heavy atom. The zero-order valence-corrected chi connectivity index (χ0v) is 13.7. The number of halogens is 3. The van der Waals surface area contributed by atoms with Crippen LogP contribution in [0.4, 0.5) is 0 Å². The lowest BCUT2D eigenvalue weighted by atomic mass is 10.1. The minimum absolute atomic E-state index is 0.113. The molecule has 0 unspecified atom stereocenters. The zero-order valence-electron chi connectivity index (χ0n) is 11.5. The minimum atomic E-state index is -1.36. The van der Waals surface area contributed by atoms with Gasteiger partial charge in [0.1, 0.15) is 0 Å². The van der Waals surface area contributed by atoms with Gasteiger partial charge in [0.05, 0.1) is 38.1 Å². The van der Waals surface area contributed by atoms with Gasteiger partial charge in [0.2, 0.25) is 0 Å². The third-order valence-corrected chi connectivity index (χ3v) is 4.28. The van der Waals surface area contributed by atoms with E-state index >= 15 is 0 Å². The summed E-state index contributed by atoms with van der Waals surface area (Å²) in [5.74, 6) is -1.36. The summed E-state index contributed by atoms with van der Waals surface area (Å²) in [6, 6.07) is 13.1. The molecule has 0 saturated heterocycles. The van der Waals surface area contributed by atoms with Crippen molar-refractivity contribution >= 4 is 40.8 Å². The topological polar surface area (TPSA) is 57.9 Å². The van der Waals surface area contributed by atoms with Crippen LogP contribution < -0.4 is 5.11 Å². The molecule has 7 heteroatoms. The van der Waals surface area contributed by atoms with Crippen molar-refractivity contribution in [3.63, 3.8) is 0 Å². The maximum atomic E-state index is 11.4. The average molecular weight is 367 g/mol. The lowest BCUT2D eigenvalue weighted by Crippen LogP contribution is -2.25. The Labute approximate surface area is 146 Å². The number of benzene rings is 2. The highest BCUT2D eigenvalue weighted by molar-refractivity contribution is 6.42. The Bertz CT molecular complexity index is 906. The van der Waals surface area contributed by atoms with Gasteiger partial charge in [-0.05, 0) is 30.3 Å². The lowest BCUT2D eigenvalue weighted by Gasteiger charge is -2.08. The summed E-state index contributed by atoms with van der Waals surface area (Å²) < 4.78 is 1.23. The van der Waals surface area contributed by atoms with Crippen molar-refractivity contribution in [2.45, 2.75) is 0 Å². The SMILES string of the molecule is O=C([O-])c1cc(-c2ccccc2Cl)nn1-c1ccc(Cl)c(Cl)c1. The summed E-state index contributed by atoms with van der Waals surface area (Å²) in [6.07, 6.45) is 0.